The Morgan fingerprint density at radius 3 is 2.30 bits per heavy atom. The van der Waals surface area contributed by atoms with E-state index in [2.05, 4.69) is 21.1 Å². The molecule has 1 rings (SSSR count). The second kappa shape index (κ2) is 13.2. The van der Waals surface area contributed by atoms with Gasteiger partial charge in [0.05, 0.1) is 12.1 Å². The lowest BCUT2D eigenvalue weighted by atomic mass is 9.90. The summed E-state index contributed by atoms with van der Waals surface area (Å²) in [5.41, 5.74) is 23.6. The smallest absolute Gasteiger partial charge is 0.240 e. The fourth-order valence-electron chi connectivity index (χ4n) is 3.17. The van der Waals surface area contributed by atoms with Crippen LogP contribution in [0.2, 0.25) is 0 Å². The molecular weight excluding hydrogens is 428 g/mol. The number of nitrogens with one attached hydrogen (secondary N) is 3. The van der Waals surface area contributed by atoms with Crippen molar-refractivity contribution in [2.24, 2.45) is 34.0 Å². The van der Waals surface area contributed by atoms with Crippen molar-refractivity contribution in [2.45, 2.75) is 51.2 Å². The SMILES string of the molecule is CNC(=O)[C@H](Cc1cccc(C(C)[C@H](N)C(=O)N[C@@H](C(N)=O)C(C)C)c1)NCON=C(N)N. The number of rotatable bonds is 13. The molecule has 0 saturated heterocycles. The van der Waals surface area contributed by atoms with E-state index in [1.54, 1.807) is 13.8 Å². The zero-order valence-electron chi connectivity index (χ0n) is 19.5. The Morgan fingerprint density at radius 1 is 1.09 bits per heavy atom. The van der Waals surface area contributed by atoms with E-state index in [1.807, 2.05) is 31.2 Å². The Labute approximate surface area is 193 Å². The number of carbonyl (C=O) groups excluding carboxylic acids is 3. The molecule has 11 N–H and O–H groups in total. The highest BCUT2D eigenvalue weighted by atomic mass is 16.6. The van der Waals surface area contributed by atoms with E-state index in [1.165, 1.54) is 7.05 Å². The maximum atomic E-state index is 12.6. The van der Waals surface area contributed by atoms with E-state index >= 15 is 0 Å². The van der Waals surface area contributed by atoms with Crippen molar-refractivity contribution >= 4 is 23.7 Å². The lowest BCUT2D eigenvalue weighted by Crippen LogP contribution is -2.53. The van der Waals surface area contributed by atoms with E-state index in [0.717, 1.165) is 11.1 Å². The first-order valence-electron chi connectivity index (χ1n) is 10.6. The summed E-state index contributed by atoms with van der Waals surface area (Å²) in [6.45, 7) is 5.31. The van der Waals surface area contributed by atoms with Crippen molar-refractivity contribution in [3.05, 3.63) is 35.4 Å². The molecule has 0 aliphatic rings. The first-order chi connectivity index (χ1) is 15.5. The summed E-state index contributed by atoms with van der Waals surface area (Å²) < 4.78 is 0. The predicted molar refractivity (Wildman–Crippen MR) is 125 cm³/mol. The molecule has 0 spiro atoms. The molecule has 0 aliphatic carbocycles. The van der Waals surface area contributed by atoms with Crippen LogP contribution in [0.4, 0.5) is 0 Å². The maximum Gasteiger partial charge on any atom is 0.240 e. The van der Waals surface area contributed by atoms with Crippen molar-refractivity contribution < 1.29 is 19.2 Å². The van der Waals surface area contributed by atoms with Gasteiger partial charge in [-0.1, -0.05) is 45.0 Å². The number of hydrogen-bond donors (Lipinski definition) is 7. The molecule has 0 aromatic heterocycles. The molecular formula is C21H36N8O4. The Hall–Kier alpha value is -3.38. The minimum atomic E-state index is -0.901. The van der Waals surface area contributed by atoms with E-state index in [9.17, 15) is 14.4 Å². The number of hydrogen-bond acceptors (Lipinski definition) is 7. The zero-order chi connectivity index (χ0) is 25.1. The molecule has 1 unspecified atom stereocenters. The first-order valence-corrected chi connectivity index (χ1v) is 10.6. The highest BCUT2D eigenvalue weighted by molar-refractivity contribution is 5.89. The van der Waals surface area contributed by atoms with Crippen LogP contribution in [0.5, 0.6) is 0 Å². The lowest BCUT2D eigenvalue weighted by Gasteiger charge is -2.25. The average Bonchev–Trinajstić information content (AvgIpc) is 2.77. The number of nitrogens with two attached hydrogens (primary N) is 4. The van der Waals surface area contributed by atoms with Gasteiger partial charge >= 0.3 is 0 Å². The molecule has 0 saturated carbocycles. The maximum absolute atomic E-state index is 12.6. The standard InChI is InChI=1S/C21H36N8O4/c1-11(2)17(18(23)30)28-20(32)16(22)12(3)14-7-5-6-13(8-14)9-15(19(31)26-4)27-10-33-29-21(24)25/h5-8,11-12,15-17,27H,9-10,22H2,1-4H3,(H2,23,30)(H,26,31)(H,28,32)(H4,24,25,29)/t12?,15-,16-,17+/m0/s1. The van der Waals surface area contributed by atoms with Gasteiger partial charge in [0.2, 0.25) is 23.7 Å². The molecule has 0 bridgehead atoms. The predicted octanol–water partition coefficient (Wildman–Crippen LogP) is -1.85. The van der Waals surface area contributed by atoms with Gasteiger partial charge in [-0.25, -0.2) is 0 Å². The molecule has 3 amide bonds. The van der Waals surface area contributed by atoms with Gasteiger partial charge in [-0.05, 0) is 28.6 Å². The van der Waals surface area contributed by atoms with Crippen LogP contribution in [0, 0.1) is 5.92 Å². The molecule has 12 nitrogen and oxygen atoms in total. The molecule has 184 valence electrons. The van der Waals surface area contributed by atoms with Gasteiger partial charge in [0.1, 0.15) is 6.04 Å². The van der Waals surface area contributed by atoms with Gasteiger partial charge in [-0.3, -0.25) is 19.7 Å². The van der Waals surface area contributed by atoms with Gasteiger partial charge in [0.15, 0.2) is 6.73 Å². The number of benzene rings is 1. The molecule has 1 aromatic carbocycles. The third-order valence-electron chi connectivity index (χ3n) is 5.16. The monoisotopic (exact) mass is 464 g/mol. The van der Waals surface area contributed by atoms with E-state index < -0.39 is 29.9 Å². The number of primary amides is 1. The van der Waals surface area contributed by atoms with Gasteiger partial charge in [0, 0.05) is 13.0 Å². The lowest BCUT2D eigenvalue weighted by molar-refractivity contribution is -0.129. The zero-order valence-corrected chi connectivity index (χ0v) is 19.5. The summed E-state index contributed by atoms with van der Waals surface area (Å²) in [5, 5.41) is 11.5. The molecule has 0 aliphatic heterocycles. The Balaban J connectivity index is 2.91. The highest BCUT2D eigenvalue weighted by Crippen LogP contribution is 2.21. The summed E-state index contributed by atoms with van der Waals surface area (Å²) in [6, 6.07) is 5.08. The van der Waals surface area contributed by atoms with Crippen LogP contribution in [-0.2, 0) is 25.6 Å². The third-order valence-corrected chi connectivity index (χ3v) is 5.16. The molecule has 12 heteroatoms. The van der Waals surface area contributed by atoms with Crippen LogP contribution in [0.3, 0.4) is 0 Å². The molecule has 1 aromatic rings. The quantitative estimate of drug-likeness (QED) is 0.0577. The number of carbonyl (C=O) groups is 3. The van der Waals surface area contributed by atoms with Crippen LogP contribution in [0.25, 0.3) is 0 Å². The molecule has 4 atom stereocenters. The number of oxime groups is 1. The minimum absolute atomic E-state index is 0.0754. The molecule has 0 fully saturated rings. The van der Waals surface area contributed by atoms with Crippen molar-refractivity contribution in [2.75, 3.05) is 13.8 Å². The number of likely N-dealkylation sites (N-methyl/N-ethyl adjacent to an activating group) is 1. The summed E-state index contributed by atoms with van der Waals surface area (Å²) >= 11 is 0. The molecule has 0 radical (unpaired) electrons. The van der Waals surface area contributed by atoms with Gasteiger partial charge in [-0.2, -0.15) is 0 Å². The van der Waals surface area contributed by atoms with Crippen LogP contribution >= 0.6 is 0 Å². The summed E-state index contributed by atoms with van der Waals surface area (Å²) in [4.78, 5) is 41.4. The van der Waals surface area contributed by atoms with Crippen molar-refractivity contribution in [3.63, 3.8) is 0 Å². The highest BCUT2D eigenvalue weighted by Gasteiger charge is 2.28. The first kappa shape index (κ1) is 27.7. The summed E-state index contributed by atoms with van der Waals surface area (Å²) in [7, 11) is 1.53. The van der Waals surface area contributed by atoms with E-state index in [0.29, 0.717) is 6.42 Å². The fourth-order valence-corrected chi connectivity index (χ4v) is 3.17. The minimum Gasteiger partial charge on any atom is -0.377 e. The van der Waals surface area contributed by atoms with Crippen LogP contribution in [0.1, 0.15) is 37.8 Å². The second-order valence-electron chi connectivity index (χ2n) is 8.06. The van der Waals surface area contributed by atoms with Gasteiger partial charge in [0.25, 0.3) is 0 Å². The van der Waals surface area contributed by atoms with Gasteiger partial charge < -0.3 is 38.4 Å². The van der Waals surface area contributed by atoms with Crippen molar-refractivity contribution in [1.82, 2.24) is 16.0 Å². The number of nitrogens with zero attached hydrogens (tertiary/aromatic N) is 1. The average molecular weight is 465 g/mol. The fraction of sp³-hybridized carbons (Fsp3) is 0.524. The topological polar surface area (TPSA) is 213 Å². The number of guanidine groups is 1. The third kappa shape index (κ3) is 8.94. The Morgan fingerprint density at radius 2 is 1.76 bits per heavy atom. The van der Waals surface area contributed by atoms with Gasteiger partial charge in [-0.15, -0.1) is 0 Å². The van der Waals surface area contributed by atoms with Crippen LogP contribution in [0.15, 0.2) is 29.4 Å². The molecule has 0 heterocycles. The summed E-state index contributed by atoms with van der Waals surface area (Å²) in [6.07, 6.45) is 0.337. The van der Waals surface area contributed by atoms with E-state index in [4.69, 9.17) is 27.8 Å². The van der Waals surface area contributed by atoms with Crippen molar-refractivity contribution in [3.8, 4) is 0 Å². The number of amides is 3. The van der Waals surface area contributed by atoms with Crippen molar-refractivity contribution in [1.29, 1.82) is 0 Å². The largest absolute Gasteiger partial charge is 0.377 e. The van der Waals surface area contributed by atoms with Crippen LogP contribution in [-0.4, -0.2) is 55.6 Å². The van der Waals surface area contributed by atoms with E-state index in [-0.39, 0.29) is 30.4 Å². The van der Waals surface area contributed by atoms with Crippen LogP contribution < -0.4 is 38.9 Å². The normalized spacial score (nSPS) is 14.5. The summed E-state index contributed by atoms with van der Waals surface area (Å²) in [5.74, 6) is -2.08. The second-order valence-corrected chi connectivity index (χ2v) is 8.06. The Kier molecular flexibility index (Phi) is 11.1. The molecule has 33 heavy (non-hydrogen) atoms. The Bertz CT molecular complexity index is 841.